The number of anilines is 1. The van der Waals surface area contributed by atoms with Crippen LogP contribution in [-0.2, 0) is 14.8 Å². The first kappa shape index (κ1) is 18.3. The average molecular weight is 360 g/mol. The van der Waals surface area contributed by atoms with Gasteiger partial charge in [0.1, 0.15) is 11.8 Å². The van der Waals surface area contributed by atoms with Gasteiger partial charge in [-0.15, -0.1) is 0 Å². The number of carbonyl (C=O) groups excluding carboxylic acids is 1. The van der Waals surface area contributed by atoms with Crippen molar-refractivity contribution in [2.45, 2.75) is 11.8 Å². The van der Waals surface area contributed by atoms with Gasteiger partial charge in [-0.2, -0.15) is 5.26 Å². The van der Waals surface area contributed by atoms with Crippen LogP contribution < -0.4 is 9.46 Å². The monoisotopic (exact) mass is 360 g/mol. The predicted octanol–water partition coefficient (Wildman–Crippen LogP) is 2.57. The Morgan fingerprint density at radius 2 is 1.84 bits per heavy atom. The van der Waals surface area contributed by atoms with Gasteiger partial charge >= 0.3 is 5.97 Å². The molecule has 7 nitrogen and oxygen atoms in total. The Morgan fingerprint density at radius 1 is 1.16 bits per heavy atom. The minimum Gasteiger partial charge on any atom is -0.494 e. The van der Waals surface area contributed by atoms with Crippen LogP contribution in [0.5, 0.6) is 5.75 Å². The van der Waals surface area contributed by atoms with Gasteiger partial charge in [0, 0.05) is 0 Å². The van der Waals surface area contributed by atoms with Crippen molar-refractivity contribution in [2.24, 2.45) is 0 Å². The van der Waals surface area contributed by atoms with E-state index in [4.69, 9.17) is 14.7 Å². The predicted molar refractivity (Wildman–Crippen MR) is 90.8 cm³/mol. The number of nitrogens with zero attached hydrogens (tertiary/aromatic N) is 1. The molecule has 130 valence electrons. The summed E-state index contributed by atoms with van der Waals surface area (Å²) in [6.07, 6.45) is 0. The van der Waals surface area contributed by atoms with E-state index >= 15 is 0 Å². The van der Waals surface area contributed by atoms with E-state index in [-0.39, 0.29) is 16.1 Å². The van der Waals surface area contributed by atoms with E-state index in [2.05, 4.69) is 4.72 Å². The summed E-state index contributed by atoms with van der Waals surface area (Å²) in [5.41, 5.74) is 0.0894. The van der Waals surface area contributed by atoms with Crippen LogP contribution in [0.25, 0.3) is 0 Å². The normalized spacial score (nSPS) is 10.6. The van der Waals surface area contributed by atoms with E-state index in [0.29, 0.717) is 12.4 Å². The van der Waals surface area contributed by atoms with Crippen molar-refractivity contribution in [3.8, 4) is 11.8 Å². The number of hydrogen-bond donors (Lipinski definition) is 1. The molecule has 0 amide bonds. The molecular formula is C17H16N2O5S. The van der Waals surface area contributed by atoms with Crippen LogP contribution in [0.2, 0.25) is 0 Å². The van der Waals surface area contributed by atoms with Crippen molar-refractivity contribution in [1.29, 1.82) is 5.26 Å². The van der Waals surface area contributed by atoms with Gasteiger partial charge in [0.2, 0.25) is 0 Å². The minimum atomic E-state index is -3.90. The molecule has 0 saturated heterocycles. The van der Waals surface area contributed by atoms with Crippen molar-refractivity contribution >= 4 is 21.7 Å². The first-order chi connectivity index (χ1) is 12.0. The zero-order valence-electron chi connectivity index (χ0n) is 13.4. The van der Waals surface area contributed by atoms with E-state index in [1.807, 2.05) is 6.92 Å². The lowest BCUT2D eigenvalue weighted by Crippen LogP contribution is -2.16. The highest BCUT2D eigenvalue weighted by Crippen LogP contribution is 2.22. The largest absolute Gasteiger partial charge is 0.494 e. The summed E-state index contributed by atoms with van der Waals surface area (Å²) in [6.45, 7) is 1.88. The van der Waals surface area contributed by atoms with Crippen LogP contribution in [0.4, 0.5) is 5.69 Å². The molecular weight excluding hydrogens is 344 g/mol. The molecule has 2 aromatic carbocycles. The number of ether oxygens (including phenoxy) is 2. The second-order valence-corrected chi connectivity index (χ2v) is 6.47. The highest BCUT2D eigenvalue weighted by molar-refractivity contribution is 7.92. The third-order valence-corrected chi connectivity index (χ3v) is 4.49. The second-order valence-electron chi connectivity index (χ2n) is 4.79. The van der Waals surface area contributed by atoms with Gasteiger partial charge in [0.05, 0.1) is 22.8 Å². The smallest absolute Gasteiger partial charge is 0.341 e. The first-order valence-corrected chi connectivity index (χ1v) is 8.85. The summed E-state index contributed by atoms with van der Waals surface area (Å²) in [7, 11) is -3.90. The van der Waals surface area contributed by atoms with E-state index in [1.54, 1.807) is 30.3 Å². The molecule has 0 unspecified atom stereocenters. The molecule has 0 bridgehead atoms. The summed E-state index contributed by atoms with van der Waals surface area (Å²) in [5, 5.41) is 8.48. The number of sulfonamides is 1. The lowest BCUT2D eigenvalue weighted by molar-refractivity contribution is 0.0556. The van der Waals surface area contributed by atoms with Crippen LogP contribution in [0, 0.1) is 11.3 Å². The highest BCUT2D eigenvalue weighted by Gasteiger charge is 2.19. The maximum atomic E-state index is 12.5. The van der Waals surface area contributed by atoms with E-state index in [1.165, 1.54) is 24.3 Å². The number of nitrogens with one attached hydrogen (secondary N) is 1. The van der Waals surface area contributed by atoms with E-state index in [9.17, 15) is 13.2 Å². The fourth-order valence-electron chi connectivity index (χ4n) is 2.01. The number of nitriles is 1. The molecule has 25 heavy (non-hydrogen) atoms. The second kappa shape index (κ2) is 8.17. The first-order valence-electron chi connectivity index (χ1n) is 7.36. The molecule has 0 aromatic heterocycles. The topological polar surface area (TPSA) is 105 Å². The molecule has 0 heterocycles. The van der Waals surface area contributed by atoms with Crippen molar-refractivity contribution in [3.63, 3.8) is 0 Å². The lowest BCUT2D eigenvalue weighted by atomic mass is 10.2. The molecule has 1 N–H and O–H groups in total. The Morgan fingerprint density at radius 3 is 2.48 bits per heavy atom. The summed E-state index contributed by atoms with van der Waals surface area (Å²) < 4.78 is 37.4. The van der Waals surface area contributed by atoms with Crippen LogP contribution in [-0.4, -0.2) is 27.6 Å². The van der Waals surface area contributed by atoms with Gasteiger partial charge in [0.15, 0.2) is 6.61 Å². The van der Waals surface area contributed by atoms with Gasteiger partial charge in [0.25, 0.3) is 10.0 Å². The zero-order valence-corrected chi connectivity index (χ0v) is 14.2. The fourth-order valence-corrected chi connectivity index (χ4v) is 3.09. The van der Waals surface area contributed by atoms with Crippen LogP contribution in [0.1, 0.15) is 17.3 Å². The fraction of sp³-hybridized carbons (Fsp3) is 0.176. The van der Waals surface area contributed by atoms with Gasteiger partial charge in [-0.05, 0) is 43.3 Å². The average Bonchev–Trinajstić information content (AvgIpc) is 2.60. The van der Waals surface area contributed by atoms with Crippen molar-refractivity contribution in [1.82, 2.24) is 0 Å². The SMILES string of the molecule is CCOc1ccc(S(=O)(=O)Nc2ccccc2C(=O)OCC#N)cc1. The van der Waals surface area contributed by atoms with Gasteiger partial charge in [-0.25, -0.2) is 13.2 Å². The summed E-state index contributed by atoms with van der Waals surface area (Å²) in [4.78, 5) is 12.0. The van der Waals surface area contributed by atoms with Crippen LogP contribution in [0.15, 0.2) is 53.4 Å². The Labute approximate surface area is 145 Å². The number of rotatable bonds is 7. The molecule has 2 rings (SSSR count). The maximum Gasteiger partial charge on any atom is 0.341 e. The molecule has 2 aromatic rings. The standard InChI is InChI=1S/C17H16N2O5S/c1-2-23-13-7-9-14(10-8-13)25(21,22)19-16-6-4-3-5-15(16)17(20)24-12-11-18/h3-10,19H,2,12H2,1H3. The summed E-state index contributed by atoms with van der Waals surface area (Å²) in [5.74, 6) is -0.228. The number of hydrogen-bond acceptors (Lipinski definition) is 6. The molecule has 0 radical (unpaired) electrons. The Bertz CT molecular complexity index is 886. The summed E-state index contributed by atoms with van der Waals surface area (Å²) in [6, 6.07) is 13.6. The summed E-state index contributed by atoms with van der Waals surface area (Å²) >= 11 is 0. The molecule has 0 saturated carbocycles. The van der Waals surface area contributed by atoms with Gasteiger partial charge < -0.3 is 9.47 Å². The number of carbonyl (C=O) groups is 1. The van der Waals surface area contributed by atoms with Crippen LogP contribution >= 0.6 is 0 Å². The number of esters is 1. The zero-order chi connectivity index (χ0) is 18.3. The molecule has 0 fully saturated rings. The maximum absolute atomic E-state index is 12.5. The van der Waals surface area contributed by atoms with Crippen molar-refractivity contribution < 1.29 is 22.7 Å². The Hall–Kier alpha value is -3.05. The van der Waals surface area contributed by atoms with E-state index in [0.717, 1.165) is 0 Å². The molecule has 8 heteroatoms. The Balaban J connectivity index is 2.26. The molecule has 0 aliphatic heterocycles. The molecule has 0 aliphatic carbocycles. The van der Waals surface area contributed by atoms with Crippen molar-refractivity contribution in [3.05, 3.63) is 54.1 Å². The van der Waals surface area contributed by atoms with Gasteiger partial charge in [-0.1, -0.05) is 12.1 Å². The van der Waals surface area contributed by atoms with Crippen molar-refractivity contribution in [2.75, 3.05) is 17.9 Å². The Kier molecular flexibility index (Phi) is 5.98. The van der Waals surface area contributed by atoms with E-state index < -0.39 is 22.6 Å². The lowest BCUT2D eigenvalue weighted by Gasteiger charge is -2.12. The number of para-hydroxylation sites is 1. The quantitative estimate of drug-likeness (QED) is 0.761. The third kappa shape index (κ3) is 4.71. The molecule has 0 aliphatic rings. The van der Waals surface area contributed by atoms with Gasteiger partial charge in [-0.3, -0.25) is 4.72 Å². The molecule has 0 atom stereocenters. The highest BCUT2D eigenvalue weighted by atomic mass is 32.2. The minimum absolute atomic E-state index is 0.0206. The number of benzene rings is 2. The third-order valence-electron chi connectivity index (χ3n) is 3.10. The molecule has 0 spiro atoms. The van der Waals surface area contributed by atoms with Crippen LogP contribution in [0.3, 0.4) is 0 Å².